The lowest BCUT2D eigenvalue weighted by molar-refractivity contribution is -0.128. The highest BCUT2D eigenvalue weighted by Crippen LogP contribution is 2.27. The molecule has 7 nitrogen and oxygen atoms in total. The summed E-state index contributed by atoms with van der Waals surface area (Å²) in [5.74, 6) is -0.935. The van der Waals surface area contributed by atoms with E-state index in [1.807, 2.05) is 30.3 Å². The van der Waals surface area contributed by atoms with Crippen LogP contribution >= 0.6 is 11.3 Å². The number of nitrogens with one attached hydrogen (secondary N) is 3. The number of aromatic nitrogens is 1. The Morgan fingerprint density at radius 3 is 2.37 bits per heavy atom. The van der Waals surface area contributed by atoms with Gasteiger partial charge in [-0.3, -0.25) is 25.2 Å². The van der Waals surface area contributed by atoms with Crippen molar-refractivity contribution in [2.24, 2.45) is 5.41 Å². The summed E-state index contributed by atoms with van der Waals surface area (Å²) in [5, 5.41) is 3.43. The van der Waals surface area contributed by atoms with Crippen molar-refractivity contribution in [3.8, 4) is 10.6 Å². The fraction of sp³-hybridized carbons (Fsp3) is 0.368. The van der Waals surface area contributed by atoms with Gasteiger partial charge in [-0.05, 0) is 6.92 Å². The molecule has 0 aliphatic heterocycles. The molecule has 1 heterocycles. The zero-order valence-electron chi connectivity index (χ0n) is 15.9. The molecule has 27 heavy (non-hydrogen) atoms. The van der Waals surface area contributed by atoms with Crippen LogP contribution in [-0.2, 0) is 9.59 Å². The second-order valence-electron chi connectivity index (χ2n) is 7.06. The van der Waals surface area contributed by atoms with Gasteiger partial charge in [0.05, 0.1) is 5.69 Å². The predicted octanol–water partition coefficient (Wildman–Crippen LogP) is 2.43. The lowest BCUT2D eigenvalue weighted by atomic mass is 9.96. The maximum Gasteiger partial charge on any atom is 0.281 e. The van der Waals surface area contributed by atoms with Crippen molar-refractivity contribution in [3.05, 3.63) is 40.9 Å². The van der Waals surface area contributed by atoms with E-state index in [4.69, 9.17) is 0 Å². The molecular formula is C19H24N4O3S. The summed E-state index contributed by atoms with van der Waals surface area (Å²) in [6.07, 6.45) is 0.0685. The molecule has 0 saturated carbocycles. The summed E-state index contributed by atoms with van der Waals surface area (Å²) >= 11 is 1.27. The molecule has 0 spiro atoms. The normalized spacial score (nSPS) is 11.0. The Morgan fingerprint density at radius 1 is 1.07 bits per heavy atom. The summed E-state index contributed by atoms with van der Waals surface area (Å²) in [7, 11) is 0. The van der Waals surface area contributed by atoms with Gasteiger partial charge in [-0.15, -0.1) is 11.3 Å². The summed E-state index contributed by atoms with van der Waals surface area (Å²) in [6.45, 7) is 7.34. The Labute approximate surface area is 162 Å². The molecule has 0 atom stereocenters. The number of rotatable bonds is 5. The SMILES string of the molecule is Cc1nc(-c2ccccc2)sc1C(=O)NNC(=O)CCNC(=O)C(C)(C)C. The van der Waals surface area contributed by atoms with E-state index in [2.05, 4.69) is 21.2 Å². The Morgan fingerprint density at radius 2 is 1.74 bits per heavy atom. The van der Waals surface area contributed by atoms with Gasteiger partial charge < -0.3 is 5.32 Å². The highest BCUT2D eigenvalue weighted by Gasteiger charge is 2.21. The molecule has 3 N–H and O–H groups in total. The minimum atomic E-state index is -0.509. The summed E-state index contributed by atoms with van der Waals surface area (Å²) in [4.78, 5) is 40.7. The zero-order valence-corrected chi connectivity index (χ0v) is 16.7. The molecule has 8 heteroatoms. The molecule has 1 aromatic carbocycles. The molecule has 2 aromatic rings. The maximum atomic E-state index is 12.3. The third-order valence-electron chi connectivity index (χ3n) is 3.66. The first-order chi connectivity index (χ1) is 12.7. The van der Waals surface area contributed by atoms with Crippen molar-refractivity contribution in [2.45, 2.75) is 34.1 Å². The average Bonchev–Trinajstić information content (AvgIpc) is 3.01. The van der Waals surface area contributed by atoms with Crippen molar-refractivity contribution in [2.75, 3.05) is 6.54 Å². The van der Waals surface area contributed by atoms with Gasteiger partial charge in [-0.1, -0.05) is 51.1 Å². The van der Waals surface area contributed by atoms with Gasteiger partial charge >= 0.3 is 0 Å². The lowest BCUT2D eigenvalue weighted by Gasteiger charge is -2.17. The largest absolute Gasteiger partial charge is 0.355 e. The first-order valence-corrected chi connectivity index (χ1v) is 9.40. The van der Waals surface area contributed by atoms with Crippen molar-refractivity contribution in [1.82, 2.24) is 21.2 Å². The number of amides is 3. The van der Waals surface area contributed by atoms with Crippen LogP contribution in [0.5, 0.6) is 0 Å². The Kier molecular flexibility index (Phi) is 6.68. The average molecular weight is 388 g/mol. The third-order valence-corrected chi connectivity index (χ3v) is 4.86. The second kappa shape index (κ2) is 8.77. The minimum Gasteiger partial charge on any atom is -0.355 e. The molecule has 0 bridgehead atoms. The van der Waals surface area contributed by atoms with Crippen LogP contribution in [-0.4, -0.2) is 29.3 Å². The highest BCUT2D eigenvalue weighted by molar-refractivity contribution is 7.17. The number of carbonyl (C=O) groups excluding carboxylic acids is 3. The fourth-order valence-electron chi connectivity index (χ4n) is 2.11. The van der Waals surface area contributed by atoms with Gasteiger partial charge in [0.1, 0.15) is 9.88 Å². The Balaban J connectivity index is 1.84. The second-order valence-corrected chi connectivity index (χ2v) is 8.06. The van der Waals surface area contributed by atoms with Gasteiger partial charge in [0.2, 0.25) is 11.8 Å². The van der Waals surface area contributed by atoms with Crippen LogP contribution in [0.15, 0.2) is 30.3 Å². The number of nitrogens with zero attached hydrogens (tertiary/aromatic N) is 1. The highest BCUT2D eigenvalue weighted by atomic mass is 32.1. The van der Waals surface area contributed by atoms with Crippen LogP contribution in [0.1, 0.15) is 42.6 Å². The van der Waals surface area contributed by atoms with Crippen LogP contribution in [0.3, 0.4) is 0 Å². The molecule has 0 fully saturated rings. The summed E-state index contributed by atoms with van der Waals surface area (Å²) in [5.41, 5.74) is 5.78. The fourth-order valence-corrected chi connectivity index (χ4v) is 3.08. The van der Waals surface area contributed by atoms with E-state index in [1.165, 1.54) is 11.3 Å². The van der Waals surface area contributed by atoms with Crippen LogP contribution in [0.4, 0.5) is 0 Å². The van der Waals surface area contributed by atoms with E-state index >= 15 is 0 Å². The number of benzene rings is 1. The first kappa shape index (κ1) is 20.6. The van der Waals surface area contributed by atoms with Gasteiger partial charge in [-0.25, -0.2) is 4.98 Å². The molecule has 144 valence electrons. The zero-order chi connectivity index (χ0) is 20.0. The van der Waals surface area contributed by atoms with Crippen molar-refractivity contribution in [1.29, 1.82) is 0 Å². The lowest BCUT2D eigenvalue weighted by Crippen LogP contribution is -2.43. The number of carbonyl (C=O) groups is 3. The molecule has 0 aliphatic carbocycles. The van der Waals surface area contributed by atoms with E-state index in [0.29, 0.717) is 10.6 Å². The van der Waals surface area contributed by atoms with Crippen LogP contribution < -0.4 is 16.2 Å². The topological polar surface area (TPSA) is 100 Å². The van der Waals surface area contributed by atoms with E-state index < -0.39 is 11.3 Å². The molecule has 0 aliphatic rings. The predicted molar refractivity (Wildman–Crippen MR) is 105 cm³/mol. The number of hydrogen-bond acceptors (Lipinski definition) is 5. The maximum absolute atomic E-state index is 12.3. The molecular weight excluding hydrogens is 364 g/mol. The molecule has 0 saturated heterocycles. The van der Waals surface area contributed by atoms with E-state index in [-0.39, 0.29) is 24.8 Å². The number of hydrazine groups is 1. The quantitative estimate of drug-likeness (QED) is 0.685. The summed E-state index contributed by atoms with van der Waals surface area (Å²) < 4.78 is 0. The molecule has 0 radical (unpaired) electrons. The van der Waals surface area contributed by atoms with Crippen molar-refractivity contribution >= 4 is 29.1 Å². The van der Waals surface area contributed by atoms with Crippen LogP contribution in [0.25, 0.3) is 10.6 Å². The van der Waals surface area contributed by atoms with Gasteiger partial charge in [0.15, 0.2) is 0 Å². The minimum absolute atomic E-state index is 0.0685. The van der Waals surface area contributed by atoms with Gasteiger partial charge in [0, 0.05) is 23.9 Å². The van der Waals surface area contributed by atoms with E-state index in [9.17, 15) is 14.4 Å². The summed E-state index contributed by atoms with van der Waals surface area (Å²) in [6, 6.07) is 9.58. The number of hydrogen-bond donors (Lipinski definition) is 3. The van der Waals surface area contributed by atoms with Crippen LogP contribution in [0, 0.1) is 12.3 Å². The Hall–Kier alpha value is -2.74. The van der Waals surface area contributed by atoms with E-state index in [1.54, 1.807) is 27.7 Å². The number of thiazole rings is 1. The van der Waals surface area contributed by atoms with Crippen molar-refractivity contribution in [3.63, 3.8) is 0 Å². The van der Waals surface area contributed by atoms with E-state index in [0.717, 1.165) is 10.6 Å². The number of aryl methyl sites for hydroxylation is 1. The third kappa shape index (κ3) is 5.89. The molecule has 2 rings (SSSR count). The first-order valence-electron chi connectivity index (χ1n) is 8.59. The molecule has 0 unspecified atom stereocenters. The Bertz CT molecular complexity index is 825. The standard InChI is InChI=1S/C19H24N4O3S/c1-12-15(27-17(21-12)13-8-6-5-7-9-13)16(25)23-22-14(24)10-11-20-18(26)19(2,3)4/h5-9H,10-11H2,1-4H3,(H,20,26)(H,22,24)(H,23,25). The smallest absolute Gasteiger partial charge is 0.281 e. The van der Waals surface area contributed by atoms with Gasteiger partial charge in [-0.2, -0.15) is 0 Å². The van der Waals surface area contributed by atoms with Gasteiger partial charge in [0.25, 0.3) is 5.91 Å². The molecule has 1 aromatic heterocycles. The van der Waals surface area contributed by atoms with Crippen molar-refractivity contribution < 1.29 is 14.4 Å². The molecule has 3 amide bonds. The van der Waals surface area contributed by atoms with Crippen LogP contribution in [0.2, 0.25) is 0 Å². The monoisotopic (exact) mass is 388 g/mol.